The molecular weight excluding hydrogens is 228 g/mol. The molecule has 0 bridgehead atoms. The molecular formula is C14H26N2O2. The van der Waals surface area contributed by atoms with Gasteiger partial charge in [-0.25, -0.2) is 0 Å². The molecule has 4 nitrogen and oxygen atoms in total. The van der Waals surface area contributed by atoms with Gasteiger partial charge in [-0.3, -0.25) is 9.69 Å². The highest BCUT2D eigenvalue weighted by molar-refractivity contribution is 5.79. The fraction of sp³-hybridized carbons (Fsp3) is 0.929. The Morgan fingerprint density at radius 2 is 1.94 bits per heavy atom. The highest BCUT2D eigenvalue weighted by atomic mass is 16.4. The van der Waals surface area contributed by atoms with E-state index in [0.29, 0.717) is 6.04 Å². The van der Waals surface area contributed by atoms with E-state index in [9.17, 15) is 9.90 Å². The van der Waals surface area contributed by atoms with E-state index in [2.05, 4.69) is 24.1 Å². The van der Waals surface area contributed by atoms with Gasteiger partial charge in [0.15, 0.2) is 0 Å². The van der Waals surface area contributed by atoms with Crippen molar-refractivity contribution in [3.63, 3.8) is 0 Å². The Balaban J connectivity index is 2.02. The molecule has 4 atom stereocenters. The van der Waals surface area contributed by atoms with E-state index in [4.69, 9.17) is 0 Å². The number of hydrogen-bond donors (Lipinski definition) is 2. The molecule has 0 radical (unpaired) electrons. The number of aliphatic carboxylic acids is 1. The Morgan fingerprint density at radius 3 is 2.39 bits per heavy atom. The van der Waals surface area contributed by atoms with Crippen molar-refractivity contribution in [2.45, 2.75) is 51.1 Å². The fourth-order valence-corrected chi connectivity index (χ4v) is 3.87. The molecule has 18 heavy (non-hydrogen) atoms. The molecule has 104 valence electrons. The highest BCUT2D eigenvalue weighted by Gasteiger charge is 2.46. The van der Waals surface area contributed by atoms with E-state index >= 15 is 0 Å². The number of piperidine rings is 1. The number of carboxylic acids is 1. The average Bonchev–Trinajstić information content (AvgIpc) is 2.73. The lowest BCUT2D eigenvalue weighted by Crippen LogP contribution is -2.51. The molecule has 2 rings (SSSR count). The Kier molecular flexibility index (Phi) is 3.97. The molecule has 1 heterocycles. The zero-order valence-electron chi connectivity index (χ0n) is 11.8. The van der Waals surface area contributed by atoms with Gasteiger partial charge in [0.1, 0.15) is 5.54 Å². The first kappa shape index (κ1) is 13.8. The van der Waals surface area contributed by atoms with Gasteiger partial charge in [-0.1, -0.05) is 13.8 Å². The van der Waals surface area contributed by atoms with Gasteiger partial charge in [-0.2, -0.15) is 0 Å². The first-order valence-corrected chi connectivity index (χ1v) is 7.13. The van der Waals surface area contributed by atoms with Gasteiger partial charge in [-0.05, 0) is 44.6 Å². The predicted molar refractivity (Wildman–Crippen MR) is 71.6 cm³/mol. The number of likely N-dealkylation sites (tertiary alicyclic amines) is 1. The first-order valence-electron chi connectivity index (χ1n) is 7.13. The van der Waals surface area contributed by atoms with Gasteiger partial charge in [0.2, 0.25) is 0 Å². The number of carbonyl (C=O) groups is 1. The fourth-order valence-electron chi connectivity index (χ4n) is 3.87. The number of likely N-dealkylation sites (N-methyl/N-ethyl adjacent to an activating group) is 1. The summed E-state index contributed by atoms with van der Waals surface area (Å²) in [5.74, 6) is 0.789. The summed E-state index contributed by atoms with van der Waals surface area (Å²) in [6.07, 6.45) is 3.81. The Bertz CT molecular complexity index is 311. The van der Waals surface area contributed by atoms with Crippen LogP contribution in [-0.2, 0) is 4.79 Å². The lowest BCUT2D eigenvalue weighted by atomic mass is 9.90. The normalized spacial score (nSPS) is 42.1. The maximum atomic E-state index is 11.4. The second-order valence-corrected chi connectivity index (χ2v) is 6.43. The molecule has 1 saturated heterocycles. The maximum Gasteiger partial charge on any atom is 0.323 e. The smallest absolute Gasteiger partial charge is 0.323 e. The van der Waals surface area contributed by atoms with Crippen LogP contribution in [0.15, 0.2) is 0 Å². The van der Waals surface area contributed by atoms with Crippen LogP contribution in [-0.4, -0.2) is 47.7 Å². The molecule has 0 spiro atoms. The van der Waals surface area contributed by atoms with E-state index < -0.39 is 11.5 Å². The molecule has 0 aromatic rings. The van der Waals surface area contributed by atoms with Crippen molar-refractivity contribution in [2.24, 2.45) is 11.8 Å². The summed E-state index contributed by atoms with van der Waals surface area (Å²) in [5.41, 5.74) is -0.686. The van der Waals surface area contributed by atoms with Gasteiger partial charge in [0, 0.05) is 19.1 Å². The zero-order chi connectivity index (χ0) is 13.3. The predicted octanol–water partition coefficient (Wildman–Crippen LogP) is 1.56. The number of nitrogens with zero attached hydrogens (tertiary/aromatic N) is 1. The summed E-state index contributed by atoms with van der Waals surface area (Å²) in [6, 6.07) is 0.443. The third-order valence-electron chi connectivity index (χ3n) is 4.79. The van der Waals surface area contributed by atoms with Crippen LogP contribution >= 0.6 is 0 Å². The van der Waals surface area contributed by atoms with E-state index in [1.165, 1.54) is 6.42 Å². The topological polar surface area (TPSA) is 52.6 Å². The van der Waals surface area contributed by atoms with E-state index in [1.54, 1.807) is 7.05 Å². The number of carboxylic acid groups (broad SMARTS) is 1. The molecule has 1 aliphatic carbocycles. The van der Waals surface area contributed by atoms with Gasteiger partial charge < -0.3 is 10.4 Å². The van der Waals surface area contributed by atoms with Crippen LogP contribution < -0.4 is 5.32 Å². The third kappa shape index (κ3) is 2.54. The number of hydrogen-bond acceptors (Lipinski definition) is 3. The largest absolute Gasteiger partial charge is 0.480 e. The minimum atomic E-state index is -0.689. The van der Waals surface area contributed by atoms with Crippen molar-refractivity contribution in [1.82, 2.24) is 10.2 Å². The molecule has 4 unspecified atom stereocenters. The standard InChI is InChI=1S/C14H26N2O2/c1-10-6-11(2)9-16(8-10)12-4-5-14(7-12,15-3)13(17)18/h10-12,15H,4-9H2,1-3H3,(H,17,18). The van der Waals surface area contributed by atoms with E-state index in [0.717, 1.165) is 44.2 Å². The second-order valence-electron chi connectivity index (χ2n) is 6.43. The lowest BCUT2D eigenvalue weighted by Gasteiger charge is -2.39. The molecule has 0 amide bonds. The lowest BCUT2D eigenvalue weighted by molar-refractivity contribution is -0.144. The minimum Gasteiger partial charge on any atom is -0.480 e. The second kappa shape index (κ2) is 5.17. The number of rotatable bonds is 3. The maximum absolute atomic E-state index is 11.4. The molecule has 1 aliphatic heterocycles. The molecule has 2 aliphatic rings. The summed E-state index contributed by atoms with van der Waals surface area (Å²) in [5, 5.41) is 12.4. The summed E-state index contributed by atoms with van der Waals surface area (Å²) in [6.45, 7) is 6.88. The first-order chi connectivity index (χ1) is 8.47. The summed E-state index contributed by atoms with van der Waals surface area (Å²) in [4.78, 5) is 14.0. The minimum absolute atomic E-state index is 0.443. The van der Waals surface area contributed by atoms with Gasteiger partial charge in [0.05, 0.1) is 0 Å². The van der Waals surface area contributed by atoms with Crippen molar-refractivity contribution in [2.75, 3.05) is 20.1 Å². The summed E-state index contributed by atoms with van der Waals surface area (Å²) in [7, 11) is 1.78. The van der Waals surface area contributed by atoms with Crippen LogP contribution in [0.5, 0.6) is 0 Å². The average molecular weight is 254 g/mol. The van der Waals surface area contributed by atoms with E-state index in [1.807, 2.05) is 0 Å². The molecule has 4 heteroatoms. The Hall–Kier alpha value is -0.610. The van der Waals surface area contributed by atoms with Crippen molar-refractivity contribution >= 4 is 5.97 Å². The van der Waals surface area contributed by atoms with Crippen molar-refractivity contribution in [3.05, 3.63) is 0 Å². The summed E-state index contributed by atoms with van der Waals surface area (Å²) >= 11 is 0. The summed E-state index contributed by atoms with van der Waals surface area (Å²) < 4.78 is 0. The molecule has 0 aromatic heterocycles. The Labute approximate surface area is 110 Å². The van der Waals surface area contributed by atoms with Crippen LogP contribution in [0.25, 0.3) is 0 Å². The van der Waals surface area contributed by atoms with Gasteiger partial charge >= 0.3 is 5.97 Å². The SMILES string of the molecule is CNC1(C(=O)O)CCC(N2CC(C)CC(C)C2)C1. The van der Waals surface area contributed by atoms with Crippen molar-refractivity contribution in [3.8, 4) is 0 Å². The quantitative estimate of drug-likeness (QED) is 0.802. The molecule has 2 fully saturated rings. The van der Waals surface area contributed by atoms with Crippen molar-refractivity contribution in [1.29, 1.82) is 0 Å². The molecule has 0 aromatic carbocycles. The van der Waals surface area contributed by atoms with Gasteiger partial charge in [0.25, 0.3) is 0 Å². The zero-order valence-corrected chi connectivity index (χ0v) is 11.8. The molecule has 1 saturated carbocycles. The third-order valence-corrected chi connectivity index (χ3v) is 4.79. The van der Waals surface area contributed by atoms with Crippen LogP contribution in [0.2, 0.25) is 0 Å². The molecule has 2 N–H and O–H groups in total. The van der Waals surface area contributed by atoms with E-state index in [-0.39, 0.29) is 0 Å². The highest BCUT2D eigenvalue weighted by Crippen LogP contribution is 2.35. The monoisotopic (exact) mass is 254 g/mol. The van der Waals surface area contributed by atoms with Crippen molar-refractivity contribution < 1.29 is 9.90 Å². The van der Waals surface area contributed by atoms with Crippen LogP contribution in [0.1, 0.15) is 39.5 Å². The Morgan fingerprint density at radius 1 is 1.33 bits per heavy atom. The van der Waals surface area contributed by atoms with Crippen LogP contribution in [0, 0.1) is 11.8 Å². The van der Waals surface area contributed by atoms with Gasteiger partial charge in [-0.15, -0.1) is 0 Å². The van der Waals surface area contributed by atoms with Crippen LogP contribution in [0.3, 0.4) is 0 Å². The van der Waals surface area contributed by atoms with Crippen LogP contribution in [0.4, 0.5) is 0 Å². The number of nitrogens with one attached hydrogen (secondary N) is 1.